The van der Waals surface area contributed by atoms with Gasteiger partial charge in [-0.3, -0.25) is 0 Å². The fraction of sp³-hybridized carbons (Fsp3) is 0.333. The van der Waals surface area contributed by atoms with E-state index in [4.69, 9.17) is 9.47 Å². The molecule has 2 aromatic rings. The van der Waals surface area contributed by atoms with Crippen molar-refractivity contribution >= 4 is 11.8 Å². The van der Waals surface area contributed by atoms with E-state index in [9.17, 15) is 4.79 Å². The van der Waals surface area contributed by atoms with Gasteiger partial charge in [0.05, 0.1) is 0 Å². The molecule has 2 amide bonds. The molecule has 0 spiro atoms. The van der Waals surface area contributed by atoms with Gasteiger partial charge in [0, 0.05) is 38.9 Å². The zero-order chi connectivity index (χ0) is 17.1. The fourth-order valence-corrected chi connectivity index (χ4v) is 3.02. The maximum absolute atomic E-state index is 12.4. The number of fused-ring (bicyclic) bond motifs is 1. The summed E-state index contributed by atoms with van der Waals surface area (Å²) in [7, 11) is 0. The second-order valence-electron chi connectivity index (χ2n) is 6.01. The van der Waals surface area contributed by atoms with Gasteiger partial charge in [-0.15, -0.1) is 0 Å². The lowest BCUT2D eigenvalue weighted by Gasteiger charge is -2.35. The molecule has 1 aromatic heterocycles. The van der Waals surface area contributed by atoms with Gasteiger partial charge in [0.15, 0.2) is 11.5 Å². The van der Waals surface area contributed by atoms with Gasteiger partial charge in [-0.25, -0.2) is 9.78 Å². The van der Waals surface area contributed by atoms with E-state index in [1.165, 1.54) is 0 Å². The molecule has 1 N–H and O–H groups in total. The highest BCUT2D eigenvalue weighted by atomic mass is 16.7. The molecule has 0 atom stereocenters. The summed E-state index contributed by atoms with van der Waals surface area (Å²) >= 11 is 0. The lowest BCUT2D eigenvalue weighted by atomic mass is 10.2. The third-order valence-electron chi connectivity index (χ3n) is 4.42. The maximum Gasteiger partial charge on any atom is 0.317 e. The third-order valence-corrected chi connectivity index (χ3v) is 4.42. The molecule has 0 unspecified atom stereocenters. The van der Waals surface area contributed by atoms with Crippen LogP contribution in [0.4, 0.5) is 10.6 Å². The van der Waals surface area contributed by atoms with Gasteiger partial charge >= 0.3 is 6.03 Å². The quantitative estimate of drug-likeness (QED) is 0.923. The molecule has 1 saturated heterocycles. The van der Waals surface area contributed by atoms with Crippen LogP contribution in [-0.2, 0) is 6.54 Å². The number of anilines is 1. The standard InChI is InChI=1S/C18H20N4O3/c23-18(20-12-14-4-5-15-16(11-14)25-13-24-15)22-9-7-21(8-10-22)17-3-1-2-6-19-17/h1-6,11H,7-10,12-13H2,(H,20,23). The number of ether oxygens (including phenoxy) is 2. The smallest absolute Gasteiger partial charge is 0.317 e. The second kappa shape index (κ2) is 6.88. The number of rotatable bonds is 3. The van der Waals surface area contributed by atoms with Crippen molar-refractivity contribution in [1.29, 1.82) is 0 Å². The van der Waals surface area contributed by atoms with Crippen LogP contribution in [0.2, 0.25) is 0 Å². The number of carbonyl (C=O) groups is 1. The van der Waals surface area contributed by atoms with Crippen LogP contribution < -0.4 is 19.7 Å². The average Bonchev–Trinajstić information content (AvgIpc) is 3.15. The fourth-order valence-electron chi connectivity index (χ4n) is 3.02. The molecular weight excluding hydrogens is 320 g/mol. The van der Waals surface area contributed by atoms with E-state index in [0.29, 0.717) is 19.6 Å². The van der Waals surface area contributed by atoms with Gasteiger partial charge in [0.2, 0.25) is 6.79 Å². The Morgan fingerprint density at radius 2 is 1.92 bits per heavy atom. The van der Waals surface area contributed by atoms with Crippen LogP contribution in [0.5, 0.6) is 11.5 Å². The zero-order valence-electron chi connectivity index (χ0n) is 13.9. The SMILES string of the molecule is O=C(NCc1ccc2c(c1)OCO2)N1CCN(c2ccccn2)CC1. The number of piperazine rings is 1. The van der Waals surface area contributed by atoms with Crippen molar-refractivity contribution in [2.45, 2.75) is 6.54 Å². The number of hydrogen-bond donors (Lipinski definition) is 1. The van der Waals surface area contributed by atoms with Crippen LogP contribution in [0.1, 0.15) is 5.56 Å². The Kier molecular flexibility index (Phi) is 4.28. The van der Waals surface area contributed by atoms with Gasteiger partial charge in [-0.05, 0) is 29.8 Å². The first kappa shape index (κ1) is 15.6. The Morgan fingerprint density at radius 1 is 1.08 bits per heavy atom. The lowest BCUT2D eigenvalue weighted by molar-refractivity contribution is 0.174. The number of aromatic nitrogens is 1. The average molecular weight is 340 g/mol. The van der Waals surface area contributed by atoms with Crippen molar-refractivity contribution in [1.82, 2.24) is 15.2 Å². The van der Waals surface area contributed by atoms with Crippen LogP contribution in [0.25, 0.3) is 0 Å². The largest absolute Gasteiger partial charge is 0.454 e. The van der Waals surface area contributed by atoms with Crippen molar-refractivity contribution in [3.8, 4) is 11.5 Å². The molecule has 4 rings (SSSR count). The third kappa shape index (κ3) is 3.45. The molecule has 130 valence electrons. The van der Waals surface area contributed by atoms with Gasteiger partial charge in [0.1, 0.15) is 5.82 Å². The number of nitrogens with zero attached hydrogens (tertiary/aromatic N) is 3. The molecule has 7 heteroatoms. The van der Waals surface area contributed by atoms with E-state index in [0.717, 1.165) is 36.0 Å². The van der Waals surface area contributed by atoms with E-state index in [1.54, 1.807) is 6.20 Å². The number of urea groups is 1. The minimum absolute atomic E-state index is 0.0432. The molecule has 0 radical (unpaired) electrons. The van der Waals surface area contributed by atoms with Crippen LogP contribution in [0, 0.1) is 0 Å². The van der Waals surface area contributed by atoms with Crippen LogP contribution in [0.15, 0.2) is 42.6 Å². The summed E-state index contributed by atoms with van der Waals surface area (Å²) in [5.74, 6) is 2.44. The maximum atomic E-state index is 12.4. The van der Waals surface area contributed by atoms with Crippen molar-refractivity contribution in [2.75, 3.05) is 37.9 Å². The molecule has 0 bridgehead atoms. The predicted molar refractivity (Wildman–Crippen MR) is 92.8 cm³/mol. The molecular formula is C18H20N4O3. The van der Waals surface area contributed by atoms with Gasteiger partial charge in [-0.2, -0.15) is 0 Å². The highest BCUT2D eigenvalue weighted by molar-refractivity contribution is 5.74. The lowest BCUT2D eigenvalue weighted by Crippen LogP contribution is -2.51. The van der Waals surface area contributed by atoms with Gasteiger partial charge in [0.25, 0.3) is 0 Å². The van der Waals surface area contributed by atoms with E-state index in [-0.39, 0.29) is 12.8 Å². The summed E-state index contributed by atoms with van der Waals surface area (Å²) in [6.45, 7) is 3.66. The Bertz CT molecular complexity index is 745. The molecule has 25 heavy (non-hydrogen) atoms. The normalized spacial score (nSPS) is 16.0. The minimum Gasteiger partial charge on any atom is -0.454 e. The summed E-state index contributed by atoms with van der Waals surface area (Å²) in [6, 6.07) is 11.5. The Morgan fingerprint density at radius 3 is 2.72 bits per heavy atom. The summed E-state index contributed by atoms with van der Waals surface area (Å²) in [5, 5.41) is 2.97. The predicted octanol–water partition coefficient (Wildman–Crippen LogP) is 1.84. The Labute approximate surface area is 146 Å². The summed E-state index contributed by atoms with van der Waals surface area (Å²) < 4.78 is 10.7. The van der Waals surface area contributed by atoms with E-state index < -0.39 is 0 Å². The highest BCUT2D eigenvalue weighted by Crippen LogP contribution is 2.32. The summed E-state index contributed by atoms with van der Waals surface area (Å²) in [6.07, 6.45) is 1.79. The number of pyridine rings is 1. The molecule has 3 heterocycles. The summed E-state index contributed by atoms with van der Waals surface area (Å²) in [4.78, 5) is 20.8. The van der Waals surface area contributed by atoms with E-state index >= 15 is 0 Å². The highest BCUT2D eigenvalue weighted by Gasteiger charge is 2.21. The van der Waals surface area contributed by atoms with Gasteiger partial charge in [-0.1, -0.05) is 12.1 Å². The minimum atomic E-state index is -0.0432. The van der Waals surface area contributed by atoms with Crippen molar-refractivity contribution in [2.24, 2.45) is 0 Å². The molecule has 1 fully saturated rings. The first-order valence-electron chi connectivity index (χ1n) is 8.37. The molecule has 2 aliphatic rings. The van der Waals surface area contributed by atoms with E-state index in [2.05, 4.69) is 15.2 Å². The Hall–Kier alpha value is -2.96. The number of amides is 2. The van der Waals surface area contributed by atoms with Gasteiger partial charge < -0.3 is 24.6 Å². The number of nitrogens with one attached hydrogen (secondary N) is 1. The molecule has 0 saturated carbocycles. The zero-order valence-corrected chi connectivity index (χ0v) is 13.9. The first-order chi connectivity index (χ1) is 12.3. The summed E-state index contributed by atoms with van der Waals surface area (Å²) in [5.41, 5.74) is 0.990. The topological polar surface area (TPSA) is 66.9 Å². The van der Waals surface area contributed by atoms with Crippen LogP contribution in [-0.4, -0.2) is 48.9 Å². The van der Waals surface area contributed by atoms with Crippen LogP contribution >= 0.6 is 0 Å². The molecule has 0 aliphatic carbocycles. The number of carbonyl (C=O) groups excluding carboxylic acids is 1. The van der Waals surface area contributed by atoms with Crippen molar-refractivity contribution < 1.29 is 14.3 Å². The van der Waals surface area contributed by atoms with E-state index in [1.807, 2.05) is 41.3 Å². The van der Waals surface area contributed by atoms with Crippen molar-refractivity contribution in [3.05, 3.63) is 48.2 Å². The Balaban J connectivity index is 1.28. The molecule has 1 aromatic carbocycles. The van der Waals surface area contributed by atoms with Crippen LogP contribution in [0.3, 0.4) is 0 Å². The monoisotopic (exact) mass is 340 g/mol. The second-order valence-corrected chi connectivity index (χ2v) is 6.01. The first-order valence-corrected chi connectivity index (χ1v) is 8.37. The number of benzene rings is 1. The number of hydrogen-bond acceptors (Lipinski definition) is 5. The molecule has 2 aliphatic heterocycles. The van der Waals surface area contributed by atoms with Crippen molar-refractivity contribution in [3.63, 3.8) is 0 Å². The molecule has 7 nitrogen and oxygen atoms in total.